The summed E-state index contributed by atoms with van der Waals surface area (Å²) in [5, 5.41) is 3.35. The fourth-order valence-electron chi connectivity index (χ4n) is 1.46. The molecular weight excluding hydrogens is 214 g/mol. The first kappa shape index (κ1) is 13.7. The average Bonchev–Trinajstić information content (AvgIpc) is 2.36. The number of ether oxygens (including phenoxy) is 1. The Morgan fingerprint density at radius 3 is 2.47 bits per heavy atom. The third-order valence-electron chi connectivity index (χ3n) is 2.46. The summed E-state index contributed by atoms with van der Waals surface area (Å²) >= 11 is 0. The van der Waals surface area contributed by atoms with Crippen LogP contribution < -0.4 is 10.1 Å². The Labute approximate surface area is 103 Å². The molecule has 0 spiro atoms. The maximum absolute atomic E-state index is 11.1. The highest BCUT2D eigenvalue weighted by molar-refractivity contribution is 5.71. The Morgan fingerprint density at radius 2 is 1.88 bits per heavy atom. The minimum absolute atomic E-state index is 0.192. The van der Waals surface area contributed by atoms with Crippen LogP contribution in [0.15, 0.2) is 24.3 Å². The number of esters is 1. The predicted octanol–water partition coefficient (Wildman–Crippen LogP) is 2.54. The van der Waals surface area contributed by atoms with Crippen molar-refractivity contribution in [3.05, 3.63) is 29.8 Å². The van der Waals surface area contributed by atoms with E-state index in [0.717, 1.165) is 25.9 Å². The van der Waals surface area contributed by atoms with Crippen LogP contribution in [-0.2, 0) is 11.2 Å². The second-order valence-electron chi connectivity index (χ2n) is 3.97. The van der Waals surface area contributed by atoms with Crippen molar-refractivity contribution in [1.82, 2.24) is 5.32 Å². The molecule has 0 aromatic heterocycles. The predicted molar refractivity (Wildman–Crippen MR) is 69.2 cm³/mol. The van der Waals surface area contributed by atoms with Gasteiger partial charge in [0.2, 0.25) is 0 Å². The van der Waals surface area contributed by atoms with E-state index < -0.39 is 0 Å². The molecule has 17 heavy (non-hydrogen) atoms. The molecule has 0 aliphatic heterocycles. The fraction of sp³-hybridized carbons (Fsp3) is 0.500. The molecule has 1 N–H and O–H groups in total. The van der Waals surface area contributed by atoms with Crippen LogP contribution in [0.4, 0.5) is 0 Å². The van der Waals surface area contributed by atoms with E-state index in [1.54, 1.807) is 6.92 Å². The molecule has 1 aromatic rings. The van der Waals surface area contributed by atoms with Gasteiger partial charge in [-0.05, 0) is 43.6 Å². The van der Waals surface area contributed by atoms with Gasteiger partial charge >= 0.3 is 5.97 Å². The van der Waals surface area contributed by atoms with Crippen molar-refractivity contribution in [2.75, 3.05) is 13.1 Å². The minimum Gasteiger partial charge on any atom is -0.427 e. The molecule has 3 heteroatoms. The third-order valence-corrected chi connectivity index (χ3v) is 2.46. The summed E-state index contributed by atoms with van der Waals surface area (Å²) in [4.78, 5) is 11.1. The van der Waals surface area contributed by atoms with Gasteiger partial charge in [-0.15, -0.1) is 0 Å². The van der Waals surface area contributed by atoms with E-state index in [4.69, 9.17) is 4.74 Å². The molecule has 3 nitrogen and oxygen atoms in total. The number of rotatable bonds is 7. The lowest BCUT2D eigenvalue weighted by Crippen LogP contribution is -2.17. The average molecular weight is 235 g/mol. The lowest BCUT2D eigenvalue weighted by Gasteiger charge is -2.05. The Hall–Kier alpha value is -1.35. The van der Waals surface area contributed by atoms with E-state index in [1.165, 1.54) is 5.56 Å². The summed E-state index contributed by atoms with van der Waals surface area (Å²) in [5.41, 5.74) is 1.25. The Kier molecular flexibility index (Phi) is 6.33. The Balaban J connectivity index is 2.36. The van der Waals surface area contributed by atoms with E-state index >= 15 is 0 Å². The van der Waals surface area contributed by atoms with Crippen molar-refractivity contribution in [1.29, 1.82) is 0 Å². The molecule has 0 unspecified atom stereocenters. The van der Waals surface area contributed by atoms with Gasteiger partial charge in [0.1, 0.15) is 5.75 Å². The summed E-state index contributed by atoms with van der Waals surface area (Å²) in [6.45, 7) is 5.99. The van der Waals surface area contributed by atoms with Crippen molar-refractivity contribution in [3.8, 4) is 5.75 Å². The van der Waals surface area contributed by atoms with Crippen molar-refractivity contribution >= 4 is 5.97 Å². The number of carbonyl (C=O) groups excluding carboxylic acids is 1. The summed E-state index contributed by atoms with van der Waals surface area (Å²) < 4.78 is 5.11. The van der Waals surface area contributed by atoms with E-state index in [-0.39, 0.29) is 5.97 Å². The highest BCUT2D eigenvalue weighted by Crippen LogP contribution is 2.13. The fourth-order valence-corrected chi connectivity index (χ4v) is 1.46. The normalized spacial score (nSPS) is 10.2. The molecule has 1 aromatic carbocycles. The van der Waals surface area contributed by atoms with Gasteiger partial charge in [-0.25, -0.2) is 0 Å². The van der Waals surface area contributed by atoms with Gasteiger partial charge in [0.15, 0.2) is 0 Å². The van der Waals surface area contributed by atoms with E-state index in [1.807, 2.05) is 24.3 Å². The van der Waals surface area contributed by atoms with Crippen molar-refractivity contribution in [2.45, 2.75) is 33.1 Å². The molecule has 1 rings (SSSR count). The number of carbonyl (C=O) groups is 1. The van der Waals surface area contributed by atoms with E-state index in [2.05, 4.69) is 12.2 Å². The molecule has 0 fully saturated rings. The number of nitrogens with one attached hydrogen (secondary N) is 1. The van der Waals surface area contributed by atoms with Crippen molar-refractivity contribution in [3.63, 3.8) is 0 Å². The molecule has 0 aliphatic carbocycles. The quantitative estimate of drug-likeness (QED) is 0.448. The van der Waals surface area contributed by atoms with Crippen LogP contribution in [-0.4, -0.2) is 19.1 Å². The van der Waals surface area contributed by atoms with Crippen LogP contribution in [0.2, 0.25) is 0 Å². The second-order valence-corrected chi connectivity index (χ2v) is 3.97. The number of hydrogen-bond acceptors (Lipinski definition) is 3. The molecule has 0 atom stereocenters. The first-order chi connectivity index (χ1) is 8.26. The summed E-state index contributed by atoms with van der Waals surface area (Å²) in [6.07, 6.45) is 2.57. The van der Waals surface area contributed by atoms with Crippen LogP contribution >= 0.6 is 0 Å². The van der Waals surface area contributed by atoms with Crippen LogP contribution in [0.5, 0.6) is 5.75 Å². The topological polar surface area (TPSA) is 38.3 Å². The first-order valence-electron chi connectivity index (χ1n) is 6.26. The number of benzene rings is 1. The van der Waals surface area contributed by atoms with Crippen molar-refractivity contribution in [2.24, 2.45) is 0 Å². The molecule has 0 amide bonds. The highest BCUT2D eigenvalue weighted by atomic mass is 16.5. The van der Waals surface area contributed by atoms with Gasteiger partial charge in [-0.2, -0.15) is 0 Å². The molecule has 0 saturated carbocycles. The maximum Gasteiger partial charge on any atom is 0.310 e. The molecule has 0 saturated heterocycles. The first-order valence-corrected chi connectivity index (χ1v) is 6.26. The molecule has 0 bridgehead atoms. The van der Waals surface area contributed by atoms with Crippen LogP contribution in [0.3, 0.4) is 0 Å². The van der Waals surface area contributed by atoms with Crippen molar-refractivity contribution < 1.29 is 9.53 Å². The molecule has 0 heterocycles. The SMILES string of the molecule is CCCNCCc1ccc(OC(=O)CC)cc1. The van der Waals surface area contributed by atoms with Gasteiger partial charge in [-0.3, -0.25) is 4.79 Å². The van der Waals surface area contributed by atoms with Gasteiger partial charge in [0, 0.05) is 6.42 Å². The molecule has 0 aliphatic rings. The van der Waals surface area contributed by atoms with Gasteiger partial charge in [0.05, 0.1) is 0 Å². The smallest absolute Gasteiger partial charge is 0.310 e. The van der Waals surface area contributed by atoms with Gasteiger partial charge in [-0.1, -0.05) is 26.0 Å². The summed E-state index contributed by atoms with van der Waals surface area (Å²) in [7, 11) is 0. The lowest BCUT2D eigenvalue weighted by molar-refractivity contribution is -0.134. The Bertz CT molecular complexity index is 333. The number of hydrogen-bond donors (Lipinski definition) is 1. The monoisotopic (exact) mass is 235 g/mol. The lowest BCUT2D eigenvalue weighted by atomic mass is 10.1. The van der Waals surface area contributed by atoms with Gasteiger partial charge in [0.25, 0.3) is 0 Å². The maximum atomic E-state index is 11.1. The van der Waals surface area contributed by atoms with Crippen LogP contribution in [0.25, 0.3) is 0 Å². The summed E-state index contributed by atoms with van der Waals surface area (Å²) in [5.74, 6) is 0.435. The molecule has 94 valence electrons. The van der Waals surface area contributed by atoms with Gasteiger partial charge < -0.3 is 10.1 Å². The second kappa shape index (κ2) is 7.85. The zero-order chi connectivity index (χ0) is 12.5. The summed E-state index contributed by atoms with van der Waals surface area (Å²) in [6, 6.07) is 7.71. The third kappa shape index (κ3) is 5.50. The zero-order valence-corrected chi connectivity index (χ0v) is 10.7. The molecule has 0 radical (unpaired) electrons. The molecular formula is C14H21NO2. The van der Waals surface area contributed by atoms with E-state index in [0.29, 0.717) is 12.2 Å². The van der Waals surface area contributed by atoms with Crippen LogP contribution in [0.1, 0.15) is 32.3 Å². The largest absolute Gasteiger partial charge is 0.427 e. The zero-order valence-electron chi connectivity index (χ0n) is 10.7. The Morgan fingerprint density at radius 1 is 1.18 bits per heavy atom. The van der Waals surface area contributed by atoms with E-state index in [9.17, 15) is 4.79 Å². The van der Waals surface area contributed by atoms with Crippen LogP contribution in [0, 0.1) is 0 Å². The minimum atomic E-state index is -0.192. The highest BCUT2D eigenvalue weighted by Gasteiger charge is 2.01. The standard InChI is InChI=1S/C14H21NO2/c1-3-10-15-11-9-12-5-7-13(8-6-12)17-14(16)4-2/h5-8,15H,3-4,9-11H2,1-2H3.